The monoisotopic (exact) mass is 280 g/mol. The molecular formula is C7H3BrF2N2O3. The summed E-state index contributed by atoms with van der Waals surface area (Å²) in [6.07, 6.45) is -2.76. The second-order valence-corrected chi connectivity index (χ2v) is 3.20. The quantitative estimate of drug-likeness (QED) is 0.369. The fourth-order valence-electron chi connectivity index (χ4n) is 0.894. The highest BCUT2D eigenvalue weighted by Crippen LogP contribution is 2.30. The molecule has 15 heavy (non-hydrogen) atoms. The molecule has 0 saturated heterocycles. The lowest BCUT2D eigenvalue weighted by Crippen LogP contribution is -2.01. The van der Waals surface area contributed by atoms with E-state index < -0.39 is 28.3 Å². The van der Waals surface area contributed by atoms with E-state index in [9.17, 15) is 23.7 Å². The number of aldehydes is 1. The van der Waals surface area contributed by atoms with Crippen LogP contribution >= 0.6 is 15.9 Å². The normalized spacial score (nSPS) is 10.4. The highest BCUT2D eigenvalue weighted by molar-refractivity contribution is 9.10. The number of aromatic nitrogens is 1. The first-order valence-corrected chi connectivity index (χ1v) is 4.34. The van der Waals surface area contributed by atoms with Gasteiger partial charge in [-0.15, -0.1) is 0 Å². The molecule has 0 bridgehead atoms. The summed E-state index contributed by atoms with van der Waals surface area (Å²) in [5.74, 6) is 0. The first-order valence-electron chi connectivity index (χ1n) is 3.55. The summed E-state index contributed by atoms with van der Waals surface area (Å²) >= 11 is 2.70. The first kappa shape index (κ1) is 11.6. The van der Waals surface area contributed by atoms with Gasteiger partial charge in [0.25, 0.3) is 12.1 Å². The van der Waals surface area contributed by atoms with Gasteiger partial charge in [0.1, 0.15) is 4.60 Å². The molecule has 0 aliphatic heterocycles. The summed E-state index contributed by atoms with van der Waals surface area (Å²) in [7, 11) is 0. The van der Waals surface area contributed by atoms with E-state index in [-0.39, 0.29) is 10.9 Å². The lowest BCUT2D eigenvalue weighted by Gasteiger charge is -2.03. The molecule has 1 aromatic rings. The number of nitrogens with zero attached hydrogens (tertiary/aromatic N) is 2. The van der Waals surface area contributed by atoms with Crippen LogP contribution in [-0.4, -0.2) is 16.2 Å². The van der Waals surface area contributed by atoms with Crippen molar-refractivity contribution in [2.75, 3.05) is 0 Å². The second kappa shape index (κ2) is 4.39. The smallest absolute Gasteiger partial charge is 0.296 e. The van der Waals surface area contributed by atoms with Crippen molar-refractivity contribution in [2.24, 2.45) is 0 Å². The lowest BCUT2D eigenvalue weighted by molar-refractivity contribution is -0.385. The van der Waals surface area contributed by atoms with Crippen molar-refractivity contribution in [1.29, 1.82) is 0 Å². The molecule has 0 spiro atoms. The Labute approximate surface area is 90.4 Å². The van der Waals surface area contributed by atoms with Gasteiger partial charge in [0, 0.05) is 6.07 Å². The number of pyridine rings is 1. The van der Waals surface area contributed by atoms with E-state index in [1.807, 2.05) is 0 Å². The lowest BCUT2D eigenvalue weighted by atomic mass is 10.2. The van der Waals surface area contributed by atoms with Gasteiger partial charge in [-0.05, 0) is 15.9 Å². The Hall–Kier alpha value is -1.44. The number of rotatable bonds is 3. The summed E-state index contributed by atoms with van der Waals surface area (Å²) < 4.78 is 24.4. The largest absolute Gasteiger partial charge is 0.298 e. The van der Waals surface area contributed by atoms with Crippen molar-refractivity contribution in [3.05, 3.63) is 32.0 Å². The van der Waals surface area contributed by atoms with Gasteiger partial charge in [0.15, 0.2) is 12.0 Å². The number of carbonyl (C=O) groups is 1. The van der Waals surface area contributed by atoms with Gasteiger partial charge < -0.3 is 0 Å². The summed E-state index contributed by atoms with van der Waals surface area (Å²) in [6, 6.07) is 0.630. The number of nitro groups is 1. The number of hydrogen-bond acceptors (Lipinski definition) is 4. The van der Waals surface area contributed by atoms with Gasteiger partial charge in [0.05, 0.1) is 10.5 Å². The average Bonchev–Trinajstić information content (AvgIpc) is 2.16. The predicted molar refractivity (Wildman–Crippen MR) is 48.9 cm³/mol. The van der Waals surface area contributed by atoms with Crippen molar-refractivity contribution in [2.45, 2.75) is 6.43 Å². The Balaban J connectivity index is 3.43. The predicted octanol–water partition coefficient (Wildman–Crippen LogP) is 2.50. The number of carbonyl (C=O) groups excluding carboxylic acids is 1. The first-order chi connectivity index (χ1) is 6.97. The van der Waals surface area contributed by atoms with Crippen molar-refractivity contribution in [3.63, 3.8) is 0 Å². The molecule has 0 fully saturated rings. The average molecular weight is 281 g/mol. The zero-order valence-electron chi connectivity index (χ0n) is 6.99. The molecule has 1 heterocycles. The molecule has 1 rings (SSSR count). The van der Waals surface area contributed by atoms with Crippen LogP contribution in [0.5, 0.6) is 0 Å². The van der Waals surface area contributed by atoms with Gasteiger partial charge in [-0.1, -0.05) is 0 Å². The Morgan fingerprint density at radius 1 is 1.60 bits per heavy atom. The molecule has 0 aliphatic rings. The molecule has 5 nitrogen and oxygen atoms in total. The van der Waals surface area contributed by atoms with Crippen LogP contribution in [-0.2, 0) is 0 Å². The molecule has 0 radical (unpaired) electrons. The fourth-order valence-corrected chi connectivity index (χ4v) is 1.37. The number of halogens is 3. The Morgan fingerprint density at radius 2 is 2.20 bits per heavy atom. The van der Waals surface area contributed by atoms with E-state index in [0.717, 1.165) is 0 Å². The highest BCUT2D eigenvalue weighted by atomic mass is 79.9. The van der Waals surface area contributed by atoms with Crippen LogP contribution in [0.15, 0.2) is 10.7 Å². The third-order valence-electron chi connectivity index (χ3n) is 1.55. The molecule has 0 atom stereocenters. The summed E-state index contributed by atoms with van der Waals surface area (Å²) in [4.78, 5) is 23.2. The third-order valence-corrected chi connectivity index (χ3v) is 2.19. The van der Waals surface area contributed by atoms with Crippen LogP contribution in [0.4, 0.5) is 14.5 Å². The minimum absolute atomic E-state index is 0.137. The maximum absolute atomic E-state index is 12.3. The van der Waals surface area contributed by atoms with Crippen molar-refractivity contribution < 1.29 is 18.5 Å². The zero-order valence-corrected chi connectivity index (χ0v) is 8.57. The van der Waals surface area contributed by atoms with E-state index in [1.54, 1.807) is 0 Å². The molecular weight excluding hydrogens is 278 g/mol. The van der Waals surface area contributed by atoms with Crippen LogP contribution < -0.4 is 0 Å². The minimum Gasteiger partial charge on any atom is -0.296 e. The van der Waals surface area contributed by atoms with E-state index in [1.165, 1.54) is 0 Å². The molecule has 0 saturated carbocycles. The Bertz CT molecular complexity index is 425. The Morgan fingerprint density at radius 3 is 2.60 bits per heavy atom. The van der Waals surface area contributed by atoms with E-state index >= 15 is 0 Å². The fraction of sp³-hybridized carbons (Fsp3) is 0.143. The van der Waals surface area contributed by atoms with Crippen molar-refractivity contribution in [1.82, 2.24) is 4.98 Å². The molecule has 0 aromatic carbocycles. The SMILES string of the molecule is O=Cc1nc(Br)c(C(F)F)cc1[N+](=O)[O-]. The summed E-state index contributed by atoms with van der Waals surface area (Å²) in [6.45, 7) is 0. The van der Waals surface area contributed by atoms with E-state index in [2.05, 4.69) is 20.9 Å². The topological polar surface area (TPSA) is 73.1 Å². The van der Waals surface area contributed by atoms with Gasteiger partial charge in [0.2, 0.25) is 0 Å². The van der Waals surface area contributed by atoms with Gasteiger partial charge in [-0.3, -0.25) is 14.9 Å². The van der Waals surface area contributed by atoms with Gasteiger partial charge in [-0.2, -0.15) is 0 Å². The minimum atomic E-state index is -2.90. The molecule has 1 aromatic heterocycles. The summed E-state index contributed by atoms with van der Waals surface area (Å²) in [5, 5.41) is 10.4. The van der Waals surface area contributed by atoms with Gasteiger partial charge >= 0.3 is 0 Å². The Kier molecular flexibility index (Phi) is 3.40. The van der Waals surface area contributed by atoms with Crippen LogP contribution in [0, 0.1) is 10.1 Å². The van der Waals surface area contributed by atoms with Crippen molar-refractivity contribution in [3.8, 4) is 0 Å². The number of hydrogen-bond donors (Lipinski definition) is 0. The molecule has 80 valence electrons. The molecule has 0 N–H and O–H groups in total. The van der Waals surface area contributed by atoms with Crippen LogP contribution in [0.25, 0.3) is 0 Å². The van der Waals surface area contributed by atoms with Crippen LogP contribution in [0.1, 0.15) is 22.5 Å². The maximum Gasteiger partial charge on any atom is 0.298 e. The molecule has 0 aliphatic carbocycles. The third kappa shape index (κ3) is 2.32. The zero-order chi connectivity index (χ0) is 11.6. The molecule has 8 heteroatoms. The molecule has 0 unspecified atom stereocenters. The van der Waals surface area contributed by atoms with Crippen molar-refractivity contribution >= 4 is 27.9 Å². The van der Waals surface area contributed by atoms with E-state index in [4.69, 9.17) is 0 Å². The number of alkyl halides is 2. The highest BCUT2D eigenvalue weighted by Gasteiger charge is 2.22. The van der Waals surface area contributed by atoms with Crippen LogP contribution in [0.3, 0.4) is 0 Å². The standard InChI is InChI=1S/C7H3BrF2N2O3/c8-6-3(7(9)10)1-5(12(14)15)4(2-13)11-6/h1-2,7H. The molecule has 0 amide bonds. The summed E-state index contributed by atoms with van der Waals surface area (Å²) in [5.41, 5.74) is -1.84. The maximum atomic E-state index is 12.3. The van der Waals surface area contributed by atoms with Gasteiger partial charge in [-0.25, -0.2) is 13.8 Å². The van der Waals surface area contributed by atoms with E-state index in [0.29, 0.717) is 6.07 Å². The van der Waals surface area contributed by atoms with Crippen LogP contribution in [0.2, 0.25) is 0 Å². The second-order valence-electron chi connectivity index (χ2n) is 2.45.